The van der Waals surface area contributed by atoms with Crippen LogP contribution in [0.3, 0.4) is 0 Å². The summed E-state index contributed by atoms with van der Waals surface area (Å²) < 4.78 is 0. The van der Waals surface area contributed by atoms with Gasteiger partial charge in [-0.3, -0.25) is 9.69 Å². The molecule has 1 N–H and O–H groups in total. The number of aromatic hydroxyl groups is 1. The Morgan fingerprint density at radius 3 is 2.38 bits per heavy atom. The summed E-state index contributed by atoms with van der Waals surface area (Å²) in [6.07, 6.45) is 0.934. The molecule has 0 unspecified atom stereocenters. The summed E-state index contributed by atoms with van der Waals surface area (Å²) in [7, 11) is 0. The minimum absolute atomic E-state index is 0.179. The molecule has 0 aliphatic carbocycles. The summed E-state index contributed by atoms with van der Waals surface area (Å²) in [5.41, 5.74) is 3.20. The number of benzene rings is 2. The number of phenolic OH excluding ortho intramolecular Hbond substituents is 1. The zero-order valence-electron chi connectivity index (χ0n) is 15.1. The first-order valence-corrected chi connectivity index (χ1v) is 9.29. The molecule has 0 spiro atoms. The van der Waals surface area contributed by atoms with Crippen molar-refractivity contribution in [2.75, 3.05) is 42.5 Å². The molecule has 2 heterocycles. The molecule has 2 aromatic rings. The van der Waals surface area contributed by atoms with Gasteiger partial charge in [0.05, 0.1) is 12.2 Å². The van der Waals surface area contributed by atoms with Crippen LogP contribution in [-0.4, -0.2) is 54.7 Å². The van der Waals surface area contributed by atoms with Gasteiger partial charge < -0.3 is 14.9 Å². The van der Waals surface area contributed by atoms with Gasteiger partial charge in [0.25, 0.3) is 0 Å². The van der Waals surface area contributed by atoms with Crippen LogP contribution in [0.1, 0.15) is 12.5 Å². The van der Waals surface area contributed by atoms with E-state index < -0.39 is 0 Å². The lowest BCUT2D eigenvalue weighted by atomic mass is 10.1. The van der Waals surface area contributed by atoms with Gasteiger partial charge in [0, 0.05) is 37.9 Å². The van der Waals surface area contributed by atoms with Gasteiger partial charge in [-0.1, -0.05) is 30.3 Å². The number of nitrogens with zero attached hydrogens (tertiary/aromatic N) is 3. The number of rotatable bonds is 3. The van der Waals surface area contributed by atoms with Crippen molar-refractivity contribution < 1.29 is 9.90 Å². The third-order valence-corrected chi connectivity index (χ3v) is 5.43. The SMILES string of the molecule is C[C@@H]1Cc2ccccc2N1C(=O)CN1CCN(c2ccccc2O)CC1. The fourth-order valence-corrected chi connectivity index (χ4v) is 4.09. The van der Waals surface area contributed by atoms with Crippen molar-refractivity contribution >= 4 is 17.3 Å². The Kier molecular flexibility index (Phi) is 4.55. The quantitative estimate of drug-likeness (QED) is 0.923. The van der Waals surface area contributed by atoms with Crippen LogP contribution in [0.2, 0.25) is 0 Å². The van der Waals surface area contributed by atoms with Gasteiger partial charge in [-0.05, 0) is 37.1 Å². The van der Waals surface area contributed by atoms with Crippen LogP contribution >= 0.6 is 0 Å². The normalized spacial score (nSPS) is 20.3. The molecule has 0 saturated carbocycles. The topological polar surface area (TPSA) is 47.0 Å². The Hall–Kier alpha value is -2.53. The third kappa shape index (κ3) is 3.15. The van der Waals surface area contributed by atoms with Gasteiger partial charge in [-0.15, -0.1) is 0 Å². The molecule has 0 aromatic heterocycles. The van der Waals surface area contributed by atoms with Crippen molar-refractivity contribution in [2.45, 2.75) is 19.4 Å². The summed E-state index contributed by atoms with van der Waals surface area (Å²) in [5.74, 6) is 0.498. The largest absolute Gasteiger partial charge is 0.506 e. The lowest BCUT2D eigenvalue weighted by Crippen LogP contribution is -2.51. The zero-order valence-corrected chi connectivity index (χ0v) is 15.1. The molecule has 136 valence electrons. The predicted molar refractivity (Wildman–Crippen MR) is 104 cm³/mol. The Labute approximate surface area is 154 Å². The van der Waals surface area contributed by atoms with Crippen molar-refractivity contribution in [3.8, 4) is 5.75 Å². The molecule has 0 radical (unpaired) electrons. The molecule has 0 bridgehead atoms. The van der Waals surface area contributed by atoms with Crippen molar-refractivity contribution in [1.29, 1.82) is 0 Å². The van der Waals surface area contributed by atoms with Gasteiger partial charge >= 0.3 is 0 Å². The monoisotopic (exact) mass is 351 g/mol. The fourth-order valence-electron chi connectivity index (χ4n) is 4.09. The molecular formula is C21H25N3O2. The predicted octanol–water partition coefficient (Wildman–Crippen LogP) is 2.49. The van der Waals surface area contributed by atoms with Crippen molar-refractivity contribution in [1.82, 2.24) is 4.90 Å². The number of anilines is 2. The van der Waals surface area contributed by atoms with E-state index in [0.717, 1.165) is 44.0 Å². The molecule has 1 saturated heterocycles. The zero-order chi connectivity index (χ0) is 18.1. The molecule has 1 atom stereocenters. The molecule has 2 aliphatic rings. The number of carbonyl (C=O) groups is 1. The molecule has 4 rings (SSSR count). The molecule has 26 heavy (non-hydrogen) atoms. The maximum absolute atomic E-state index is 12.9. The van der Waals surface area contributed by atoms with Crippen LogP contribution in [0.15, 0.2) is 48.5 Å². The highest BCUT2D eigenvalue weighted by Crippen LogP contribution is 2.32. The number of piperazine rings is 1. The molecule has 1 fully saturated rings. The van der Waals surface area contributed by atoms with E-state index in [1.807, 2.05) is 41.3 Å². The number of fused-ring (bicyclic) bond motifs is 1. The number of carbonyl (C=O) groups excluding carboxylic acids is 1. The van der Waals surface area contributed by atoms with E-state index in [-0.39, 0.29) is 11.9 Å². The number of phenols is 1. The van der Waals surface area contributed by atoms with Gasteiger partial charge in [-0.2, -0.15) is 0 Å². The standard InChI is InChI=1S/C21H25N3O2/c1-16-14-17-6-2-3-7-18(17)24(16)21(26)15-22-10-12-23(13-11-22)19-8-4-5-9-20(19)25/h2-9,16,25H,10-15H2,1H3/t16-/m1/s1. The Bertz CT molecular complexity index is 799. The van der Waals surface area contributed by atoms with E-state index in [1.165, 1.54) is 5.56 Å². The van der Waals surface area contributed by atoms with E-state index in [1.54, 1.807) is 6.07 Å². The highest BCUT2D eigenvalue weighted by Gasteiger charge is 2.31. The van der Waals surface area contributed by atoms with E-state index >= 15 is 0 Å². The van der Waals surface area contributed by atoms with Crippen LogP contribution in [0, 0.1) is 0 Å². The smallest absolute Gasteiger partial charge is 0.241 e. The highest BCUT2D eigenvalue weighted by molar-refractivity contribution is 5.97. The van der Waals surface area contributed by atoms with Crippen LogP contribution in [0.5, 0.6) is 5.75 Å². The highest BCUT2D eigenvalue weighted by atomic mass is 16.3. The number of hydrogen-bond acceptors (Lipinski definition) is 4. The maximum Gasteiger partial charge on any atom is 0.241 e. The van der Waals surface area contributed by atoms with Crippen molar-refractivity contribution in [3.05, 3.63) is 54.1 Å². The second kappa shape index (κ2) is 7.00. The van der Waals surface area contributed by atoms with Crippen LogP contribution in [-0.2, 0) is 11.2 Å². The molecule has 5 heteroatoms. The maximum atomic E-state index is 12.9. The number of hydrogen-bond donors (Lipinski definition) is 1. The van der Waals surface area contributed by atoms with Gasteiger partial charge in [0.1, 0.15) is 5.75 Å². The van der Waals surface area contributed by atoms with Gasteiger partial charge in [-0.25, -0.2) is 0 Å². The minimum Gasteiger partial charge on any atom is -0.506 e. The Morgan fingerprint density at radius 1 is 1.00 bits per heavy atom. The summed E-state index contributed by atoms with van der Waals surface area (Å²) in [6.45, 7) is 5.85. The number of amides is 1. The third-order valence-electron chi connectivity index (χ3n) is 5.43. The summed E-state index contributed by atoms with van der Waals surface area (Å²) >= 11 is 0. The summed E-state index contributed by atoms with van der Waals surface area (Å²) in [6, 6.07) is 15.9. The van der Waals surface area contributed by atoms with E-state index in [9.17, 15) is 9.90 Å². The van der Waals surface area contributed by atoms with E-state index in [2.05, 4.69) is 22.8 Å². The van der Waals surface area contributed by atoms with E-state index in [4.69, 9.17) is 0 Å². The van der Waals surface area contributed by atoms with Crippen molar-refractivity contribution in [3.63, 3.8) is 0 Å². The second-order valence-electron chi connectivity index (χ2n) is 7.20. The Balaban J connectivity index is 1.38. The molecule has 1 amide bonds. The van der Waals surface area contributed by atoms with Crippen LogP contribution < -0.4 is 9.80 Å². The van der Waals surface area contributed by atoms with Crippen LogP contribution in [0.4, 0.5) is 11.4 Å². The Morgan fingerprint density at radius 2 is 1.65 bits per heavy atom. The summed E-state index contributed by atoms with van der Waals surface area (Å²) in [5, 5.41) is 10.0. The average molecular weight is 351 g/mol. The van der Waals surface area contributed by atoms with E-state index in [0.29, 0.717) is 12.3 Å². The number of para-hydroxylation sites is 3. The van der Waals surface area contributed by atoms with Crippen molar-refractivity contribution in [2.24, 2.45) is 0 Å². The molecular weight excluding hydrogens is 326 g/mol. The average Bonchev–Trinajstić information content (AvgIpc) is 2.99. The molecule has 5 nitrogen and oxygen atoms in total. The first-order chi connectivity index (χ1) is 12.6. The van der Waals surface area contributed by atoms with Gasteiger partial charge in [0.2, 0.25) is 5.91 Å². The first kappa shape index (κ1) is 16.9. The lowest BCUT2D eigenvalue weighted by Gasteiger charge is -2.36. The second-order valence-corrected chi connectivity index (χ2v) is 7.20. The summed E-state index contributed by atoms with van der Waals surface area (Å²) in [4.78, 5) is 19.3. The molecule has 2 aliphatic heterocycles. The first-order valence-electron chi connectivity index (χ1n) is 9.29. The fraction of sp³-hybridized carbons (Fsp3) is 0.381. The lowest BCUT2D eigenvalue weighted by molar-refractivity contribution is -0.120. The van der Waals surface area contributed by atoms with Crippen LogP contribution in [0.25, 0.3) is 0 Å². The van der Waals surface area contributed by atoms with Gasteiger partial charge in [0.15, 0.2) is 0 Å². The minimum atomic E-state index is 0.179. The molecule has 2 aromatic carbocycles.